The van der Waals surface area contributed by atoms with E-state index >= 15 is 0 Å². The highest BCUT2D eigenvalue weighted by Crippen LogP contribution is 2.45. The van der Waals surface area contributed by atoms with Crippen molar-refractivity contribution in [1.82, 2.24) is 0 Å². The van der Waals surface area contributed by atoms with Crippen LogP contribution in [0, 0.1) is 0 Å². The molecule has 0 aromatic carbocycles. The third kappa shape index (κ3) is 72.5. The zero-order valence-corrected chi connectivity index (χ0v) is 64.5. The molecule has 576 valence electrons. The molecule has 19 heteroatoms. The van der Waals surface area contributed by atoms with Crippen LogP contribution in [0.25, 0.3) is 0 Å². The van der Waals surface area contributed by atoms with Crippen LogP contribution >= 0.6 is 15.6 Å². The molecule has 0 aliphatic heterocycles. The minimum atomic E-state index is -5.02. The van der Waals surface area contributed by atoms with E-state index < -0.39 is 97.5 Å². The molecule has 0 heterocycles. The van der Waals surface area contributed by atoms with Crippen molar-refractivity contribution in [1.29, 1.82) is 0 Å². The molecule has 0 rings (SSSR count). The summed E-state index contributed by atoms with van der Waals surface area (Å²) in [5, 5.41) is 10.6. The van der Waals surface area contributed by atoms with Gasteiger partial charge >= 0.3 is 39.5 Å². The standard InChI is InChI=1S/C83H132O17P2/c1-5-9-13-17-21-25-29-33-37-38-42-44-48-52-56-60-64-68-81(86)94-74-79(100-83(88)70-66-62-58-54-50-46-41-36-32-28-24-20-16-12-8-4)76-98-102(91,92)96-72-77(84)71-95-101(89,90)97-75-78(99-82(87)69-65-61-57-53-49-45-40-35-31-27-23-19-15-11-7-3)73-93-80(85)67-63-59-55-51-47-43-39-34-30-26-22-18-14-10-6-2/h9-16,21-28,33-37,39-41,47,49,51,53,59,63,77-79,84H,5-8,17-20,29-32,38,42-46,48,50,52,54-58,60-62,64-76H2,1-4H3,(H,89,90)(H,91,92)/b13-9-,14-10-,15-11-,16-12-,25-21-,26-22-,27-23-,28-24-,37-33-,39-34-,40-35-,41-36-,51-47-,53-49-,63-59-. The number of phosphoric acid groups is 2. The maximum Gasteiger partial charge on any atom is 0.472 e. The van der Waals surface area contributed by atoms with Crippen molar-refractivity contribution in [2.45, 2.75) is 277 Å². The van der Waals surface area contributed by atoms with Gasteiger partial charge in [-0.05, 0) is 154 Å². The average molecular weight is 1460 g/mol. The predicted molar refractivity (Wildman–Crippen MR) is 417 cm³/mol. The molecule has 5 atom stereocenters. The van der Waals surface area contributed by atoms with Gasteiger partial charge in [-0.3, -0.25) is 37.3 Å². The first-order valence-corrected chi connectivity index (χ1v) is 41.0. The van der Waals surface area contributed by atoms with Crippen LogP contribution in [0.4, 0.5) is 0 Å². The molecule has 0 aliphatic rings. The van der Waals surface area contributed by atoms with E-state index in [0.717, 1.165) is 173 Å². The Balaban J connectivity index is 5.50. The van der Waals surface area contributed by atoms with Crippen molar-refractivity contribution in [3.63, 3.8) is 0 Å². The summed E-state index contributed by atoms with van der Waals surface area (Å²) in [6, 6.07) is 0. The Morgan fingerprint density at radius 3 is 0.843 bits per heavy atom. The third-order valence-electron chi connectivity index (χ3n) is 14.9. The zero-order chi connectivity index (χ0) is 74.6. The number of ether oxygens (including phenoxy) is 4. The number of esters is 4. The van der Waals surface area contributed by atoms with Crippen LogP contribution in [0.5, 0.6) is 0 Å². The lowest BCUT2D eigenvalue weighted by Crippen LogP contribution is -2.30. The predicted octanol–water partition coefficient (Wildman–Crippen LogP) is 22.0. The SMILES string of the molecule is CC/C=C\C/C=C\C/C=C\C/C=C\C/C=C\CC(=O)OCC(COP(=O)(O)OCC(O)COP(=O)(O)OCC(COC(=O)CCCCCCCCC/C=C\C/C=C\C/C=C\CC)OC(=O)CCCCCCC/C=C\C/C=C\C/C=C\CC)OC(=O)CCCC/C=C\C/C=C\C/C=C\C/C=C\CC. The van der Waals surface area contributed by atoms with E-state index in [1.54, 1.807) is 6.08 Å². The van der Waals surface area contributed by atoms with Gasteiger partial charge in [-0.2, -0.15) is 0 Å². The summed E-state index contributed by atoms with van der Waals surface area (Å²) in [4.78, 5) is 72.8. The fourth-order valence-electron chi connectivity index (χ4n) is 9.25. The highest BCUT2D eigenvalue weighted by molar-refractivity contribution is 7.47. The van der Waals surface area contributed by atoms with Crippen molar-refractivity contribution in [2.24, 2.45) is 0 Å². The van der Waals surface area contributed by atoms with Crippen molar-refractivity contribution >= 4 is 39.5 Å². The van der Waals surface area contributed by atoms with Crippen LogP contribution in [0.2, 0.25) is 0 Å². The van der Waals surface area contributed by atoms with E-state index in [0.29, 0.717) is 32.1 Å². The number of phosphoric ester groups is 2. The summed E-state index contributed by atoms with van der Waals surface area (Å²) < 4.78 is 68.3. The Kier molecular flexibility index (Phi) is 69.3. The molecule has 0 aromatic rings. The van der Waals surface area contributed by atoms with Gasteiger partial charge in [0.15, 0.2) is 12.2 Å². The van der Waals surface area contributed by atoms with E-state index in [9.17, 15) is 43.2 Å². The molecule has 0 fully saturated rings. The number of carbonyl (C=O) groups excluding carboxylic acids is 4. The molecule has 102 heavy (non-hydrogen) atoms. The zero-order valence-electron chi connectivity index (χ0n) is 62.7. The fraction of sp³-hybridized carbons (Fsp3) is 0.590. The Hall–Kier alpha value is -5.84. The van der Waals surface area contributed by atoms with Crippen LogP contribution in [-0.4, -0.2) is 96.7 Å². The van der Waals surface area contributed by atoms with Gasteiger partial charge in [-0.15, -0.1) is 0 Å². The fourth-order valence-corrected chi connectivity index (χ4v) is 10.8. The van der Waals surface area contributed by atoms with Crippen LogP contribution in [0.3, 0.4) is 0 Å². The Morgan fingerprint density at radius 1 is 0.284 bits per heavy atom. The second kappa shape index (κ2) is 73.5. The summed E-state index contributed by atoms with van der Waals surface area (Å²) in [7, 11) is -10.0. The number of aliphatic hydroxyl groups is 1. The third-order valence-corrected chi connectivity index (χ3v) is 16.8. The minimum Gasteiger partial charge on any atom is -0.462 e. The lowest BCUT2D eigenvalue weighted by atomic mass is 10.1. The number of hydrogen-bond acceptors (Lipinski definition) is 15. The molecule has 0 bridgehead atoms. The summed E-state index contributed by atoms with van der Waals surface area (Å²) in [5.41, 5.74) is 0. The van der Waals surface area contributed by atoms with Crippen LogP contribution in [0.15, 0.2) is 182 Å². The van der Waals surface area contributed by atoms with Gasteiger partial charge in [0.25, 0.3) is 0 Å². The van der Waals surface area contributed by atoms with Gasteiger partial charge in [0, 0.05) is 19.3 Å². The van der Waals surface area contributed by atoms with Crippen molar-refractivity contribution in [3.05, 3.63) is 182 Å². The monoisotopic (exact) mass is 1460 g/mol. The van der Waals surface area contributed by atoms with E-state index in [-0.39, 0.29) is 25.7 Å². The molecule has 0 radical (unpaired) electrons. The first kappa shape index (κ1) is 96.2. The topological polar surface area (TPSA) is 237 Å². The number of allylic oxidation sites excluding steroid dienone is 29. The van der Waals surface area contributed by atoms with E-state index in [1.165, 1.54) is 0 Å². The van der Waals surface area contributed by atoms with Crippen molar-refractivity contribution < 1.29 is 80.2 Å². The largest absolute Gasteiger partial charge is 0.472 e. The first-order chi connectivity index (χ1) is 49.7. The number of hydrogen-bond donors (Lipinski definition) is 3. The summed E-state index contributed by atoms with van der Waals surface area (Å²) >= 11 is 0. The lowest BCUT2D eigenvalue weighted by Gasteiger charge is -2.21. The van der Waals surface area contributed by atoms with E-state index in [1.807, 2.05) is 24.3 Å². The highest BCUT2D eigenvalue weighted by Gasteiger charge is 2.30. The van der Waals surface area contributed by atoms with Crippen molar-refractivity contribution in [2.75, 3.05) is 39.6 Å². The van der Waals surface area contributed by atoms with E-state index in [4.69, 9.17) is 37.0 Å². The summed E-state index contributed by atoms with van der Waals surface area (Å²) in [6.45, 7) is 4.19. The molecule has 0 aromatic heterocycles. The Morgan fingerprint density at radius 2 is 0.520 bits per heavy atom. The van der Waals surface area contributed by atoms with Crippen molar-refractivity contribution in [3.8, 4) is 0 Å². The quantitative estimate of drug-likeness (QED) is 0.0169. The normalized spacial score (nSPS) is 14.9. The molecule has 17 nitrogen and oxygen atoms in total. The Labute approximate surface area is 615 Å². The summed E-state index contributed by atoms with van der Waals surface area (Å²) in [6.07, 6.45) is 87.8. The first-order valence-electron chi connectivity index (χ1n) is 38.0. The maximum absolute atomic E-state index is 13.1. The number of rotatable bonds is 69. The molecule has 3 N–H and O–H groups in total. The molecular weight excluding hydrogens is 1330 g/mol. The molecule has 0 saturated carbocycles. The van der Waals surface area contributed by atoms with E-state index in [2.05, 4.69) is 180 Å². The number of aliphatic hydroxyl groups excluding tert-OH is 1. The highest BCUT2D eigenvalue weighted by atomic mass is 31.2. The molecule has 0 spiro atoms. The van der Waals surface area contributed by atoms with Gasteiger partial charge in [0.2, 0.25) is 0 Å². The van der Waals surface area contributed by atoms with Gasteiger partial charge in [-0.1, -0.05) is 261 Å². The second-order valence-corrected chi connectivity index (χ2v) is 27.3. The number of carbonyl (C=O) groups is 4. The summed E-state index contributed by atoms with van der Waals surface area (Å²) in [5.74, 6) is -2.42. The second-order valence-electron chi connectivity index (χ2n) is 24.4. The number of unbranched alkanes of at least 4 members (excludes halogenated alkanes) is 14. The molecule has 0 amide bonds. The van der Waals surface area contributed by atoms with Crippen LogP contribution in [0.1, 0.15) is 259 Å². The molecular formula is C83H132O17P2. The molecule has 0 saturated heterocycles. The van der Waals surface area contributed by atoms with Crippen LogP contribution in [-0.2, 0) is 65.4 Å². The minimum absolute atomic E-state index is 0.0158. The smallest absolute Gasteiger partial charge is 0.462 e. The lowest BCUT2D eigenvalue weighted by molar-refractivity contribution is -0.161. The van der Waals surface area contributed by atoms with Crippen LogP contribution < -0.4 is 0 Å². The van der Waals surface area contributed by atoms with Gasteiger partial charge < -0.3 is 33.8 Å². The van der Waals surface area contributed by atoms with Gasteiger partial charge in [0.1, 0.15) is 19.3 Å². The Bertz CT molecular complexity index is 2650. The molecule has 5 unspecified atom stereocenters. The molecule has 0 aliphatic carbocycles. The van der Waals surface area contributed by atoms with Gasteiger partial charge in [-0.25, -0.2) is 9.13 Å². The van der Waals surface area contributed by atoms with Gasteiger partial charge in [0.05, 0.1) is 32.8 Å². The maximum atomic E-state index is 13.1. The average Bonchev–Trinajstić information content (AvgIpc) is 0.926.